The Labute approximate surface area is 99.6 Å². The van der Waals surface area contributed by atoms with E-state index < -0.39 is 11.4 Å². The maximum atomic E-state index is 11.0. The van der Waals surface area contributed by atoms with Crippen LogP contribution in [0.25, 0.3) is 0 Å². The molecule has 1 saturated heterocycles. The molecule has 0 radical (unpaired) electrons. The minimum absolute atomic E-state index is 0.188. The lowest BCUT2D eigenvalue weighted by molar-refractivity contribution is -0.158. The van der Waals surface area contributed by atoms with Crippen molar-refractivity contribution in [2.75, 3.05) is 19.0 Å². The van der Waals surface area contributed by atoms with Crippen LogP contribution in [0.2, 0.25) is 0 Å². The Kier molecular flexibility index (Phi) is 3.17. The van der Waals surface area contributed by atoms with Gasteiger partial charge < -0.3 is 5.11 Å². The predicted octanol–water partition coefficient (Wildman–Crippen LogP) is 1.81. The molecule has 1 aliphatic heterocycles. The van der Waals surface area contributed by atoms with Gasteiger partial charge in [0.05, 0.1) is 0 Å². The molecule has 0 aliphatic carbocycles. The fourth-order valence-electron chi connectivity index (χ4n) is 2.04. The second-order valence-electron chi connectivity index (χ2n) is 4.35. The topological polar surface area (TPSA) is 40.5 Å². The fourth-order valence-corrected chi connectivity index (χ4v) is 2.32. The van der Waals surface area contributed by atoms with E-state index in [0.717, 1.165) is 6.54 Å². The van der Waals surface area contributed by atoms with Gasteiger partial charge in [-0.05, 0) is 5.56 Å². The van der Waals surface area contributed by atoms with Crippen molar-refractivity contribution < 1.29 is 9.90 Å². The van der Waals surface area contributed by atoms with Crippen LogP contribution in [0, 0.1) is 5.41 Å². The predicted molar refractivity (Wildman–Crippen MR) is 62.5 cm³/mol. The quantitative estimate of drug-likeness (QED) is 0.815. The summed E-state index contributed by atoms with van der Waals surface area (Å²) in [5.41, 5.74) is 0.479. The van der Waals surface area contributed by atoms with Gasteiger partial charge in [-0.2, -0.15) is 0 Å². The first-order valence-electron chi connectivity index (χ1n) is 5.22. The molecule has 1 heterocycles. The van der Waals surface area contributed by atoms with Crippen LogP contribution in [0.3, 0.4) is 0 Å². The summed E-state index contributed by atoms with van der Waals surface area (Å²) in [5.74, 6) is -0.597. The lowest BCUT2D eigenvalue weighted by Gasteiger charge is -2.46. The molecule has 86 valence electrons. The third kappa shape index (κ3) is 2.06. The Bertz CT molecular complexity index is 374. The number of likely N-dealkylation sites (tertiary alicyclic amines) is 1. The number of halogens is 1. The first kappa shape index (κ1) is 11.4. The molecule has 4 heteroatoms. The van der Waals surface area contributed by atoms with Crippen molar-refractivity contribution in [3.8, 4) is 0 Å². The standard InChI is InChI=1S/C12H14ClNO2/c13-7-12(11(15)16)8-14(9-12)6-10-4-2-1-3-5-10/h1-5H,6-9H2,(H,15,16). The lowest BCUT2D eigenvalue weighted by Crippen LogP contribution is -2.60. The van der Waals surface area contributed by atoms with Crippen molar-refractivity contribution >= 4 is 17.6 Å². The van der Waals surface area contributed by atoms with Crippen LogP contribution in [0.4, 0.5) is 0 Å². The van der Waals surface area contributed by atoms with Gasteiger partial charge in [0.25, 0.3) is 0 Å². The van der Waals surface area contributed by atoms with Crippen LogP contribution in [-0.4, -0.2) is 34.9 Å². The normalized spacial score (nSPS) is 19.1. The number of alkyl halides is 1. The summed E-state index contributed by atoms with van der Waals surface area (Å²) in [7, 11) is 0. The molecule has 0 amide bonds. The van der Waals surface area contributed by atoms with Gasteiger partial charge in [-0.3, -0.25) is 9.69 Å². The van der Waals surface area contributed by atoms with Crippen LogP contribution >= 0.6 is 11.6 Å². The second-order valence-corrected chi connectivity index (χ2v) is 4.62. The molecule has 1 fully saturated rings. The largest absolute Gasteiger partial charge is 0.481 e. The summed E-state index contributed by atoms with van der Waals surface area (Å²) in [6.45, 7) is 1.88. The molecule has 1 N–H and O–H groups in total. The van der Waals surface area contributed by atoms with E-state index in [2.05, 4.69) is 4.90 Å². The van der Waals surface area contributed by atoms with Crippen molar-refractivity contribution in [3.05, 3.63) is 35.9 Å². The van der Waals surface area contributed by atoms with Crippen molar-refractivity contribution in [1.29, 1.82) is 0 Å². The highest BCUT2D eigenvalue weighted by molar-refractivity contribution is 6.19. The fraction of sp³-hybridized carbons (Fsp3) is 0.417. The number of hydrogen-bond acceptors (Lipinski definition) is 2. The maximum absolute atomic E-state index is 11.0. The molecular weight excluding hydrogens is 226 g/mol. The van der Waals surface area contributed by atoms with Gasteiger partial charge in [-0.15, -0.1) is 11.6 Å². The van der Waals surface area contributed by atoms with E-state index in [4.69, 9.17) is 16.7 Å². The Balaban J connectivity index is 1.91. The van der Waals surface area contributed by atoms with E-state index in [1.54, 1.807) is 0 Å². The molecule has 1 aromatic rings. The molecule has 0 unspecified atom stereocenters. The van der Waals surface area contributed by atoms with Gasteiger partial charge in [0, 0.05) is 25.5 Å². The third-order valence-electron chi connectivity index (χ3n) is 3.01. The molecule has 0 saturated carbocycles. The first-order valence-corrected chi connectivity index (χ1v) is 5.75. The van der Waals surface area contributed by atoms with Crippen molar-refractivity contribution in [1.82, 2.24) is 4.90 Å². The van der Waals surface area contributed by atoms with Crippen molar-refractivity contribution in [2.24, 2.45) is 5.41 Å². The number of aliphatic carboxylic acids is 1. The summed E-state index contributed by atoms with van der Waals surface area (Å²) in [5, 5.41) is 9.06. The highest BCUT2D eigenvalue weighted by Gasteiger charge is 2.48. The van der Waals surface area contributed by atoms with Crippen molar-refractivity contribution in [2.45, 2.75) is 6.54 Å². The average molecular weight is 240 g/mol. The number of hydrogen-bond donors (Lipinski definition) is 1. The van der Waals surface area contributed by atoms with Gasteiger partial charge in [-0.25, -0.2) is 0 Å². The van der Waals surface area contributed by atoms with E-state index in [0.29, 0.717) is 13.1 Å². The summed E-state index contributed by atoms with van der Waals surface area (Å²) < 4.78 is 0. The number of carboxylic acids is 1. The van der Waals surface area contributed by atoms with E-state index in [1.165, 1.54) is 5.56 Å². The molecule has 0 spiro atoms. The van der Waals surface area contributed by atoms with E-state index in [9.17, 15) is 4.79 Å². The van der Waals surface area contributed by atoms with Gasteiger partial charge in [0.1, 0.15) is 5.41 Å². The summed E-state index contributed by atoms with van der Waals surface area (Å²) >= 11 is 5.72. The minimum Gasteiger partial charge on any atom is -0.481 e. The van der Waals surface area contributed by atoms with E-state index >= 15 is 0 Å². The summed E-state index contributed by atoms with van der Waals surface area (Å²) in [4.78, 5) is 13.1. The molecule has 0 aromatic heterocycles. The van der Waals surface area contributed by atoms with Gasteiger partial charge in [-0.1, -0.05) is 30.3 Å². The Morgan fingerprint density at radius 2 is 2.00 bits per heavy atom. The maximum Gasteiger partial charge on any atom is 0.313 e. The Morgan fingerprint density at radius 3 is 2.50 bits per heavy atom. The molecule has 1 aromatic carbocycles. The zero-order valence-electron chi connectivity index (χ0n) is 8.90. The smallest absolute Gasteiger partial charge is 0.313 e. The molecule has 3 nitrogen and oxygen atoms in total. The molecule has 0 atom stereocenters. The first-order chi connectivity index (χ1) is 7.66. The molecular formula is C12H14ClNO2. The zero-order chi connectivity index (χ0) is 11.6. The van der Waals surface area contributed by atoms with Gasteiger partial charge in [0.15, 0.2) is 0 Å². The van der Waals surface area contributed by atoms with Crippen LogP contribution < -0.4 is 0 Å². The lowest BCUT2D eigenvalue weighted by atomic mass is 9.81. The van der Waals surface area contributed by atoms with Gasteiger partial charge in [0.2, 0.25) is 0 Å². The monoisotopic (exact) mass is 239 g/mol. The summed E-state index contributed by atoms with van der Waals surface area (Å²) in [6, 6.07) is 10.0. The highest BCUT2D eigenvalue weighted by Crippen LogP contribution is 2.33. The minimum atomic E-state index is -0.785. The number of carbonyl (C=O) groups is 1. The molecule has 0 bridgehead atoms. The second kappa shape index (κ2) is 4.44. The highest BCUT2D eigenvalue weighted by atomic mass is 35.5. The Morgan fingerprint density at radius 1 is 1.38 bits per heavy atom. The molecule has 1 aliphatic rings. The Hall–Kier alpha value is -1.06. The van der Waals surface area contributed by atoms with Gasteiger partial charge >= 0.3 is 5.97 Å². The van der Waals surface area contributed by atoms with Crippen molar-refractivity contribution in [3.63, 3.8) is 0 Å². The average Bonchev–Trinajstić information content (AvgIpc) is 2.24. The third-order valence-corrected chi connectivity index (χ3v) is 3.52. The molecule has 16 heavy (non-hydrogen) atoms. The zero-order valence-corrected chi connectivity index (χ0v) is 9.65. The number of rotatable bonds is 4. The van der Waals surface area contributed by atoms with Crippen LogP contribution in [-0.2, 0) is 11.3 Å². The van der Waals surface area contributed by atoms with Crippen LogP contribution in [0.15, 0.2) is 30.3 Å². The SMILES string of the molecule is O=C(O)C1(CCl)CN(Cc2ccccc2)C1. The number of carboxylic acid groups (broad SMARTS) is 1. The van der Waals surface area contributed by atoms with Crippen LogP contribution in [0.1, 0.15) is 5.56 Å². The van der Waals surface area contributed by atoms with E-state index in [-0.39, 0.29) is 5.88 Å². The number of benzene rings is 1. The molecule has 2 rings (SSSR count). The van der Waals surface area contributed by atoms with Crippen LogP contribution in [0.5, 0.6) is 0 Å². The summed E-state index contributed by atoms with van der Waals surface area (Å²) in [6.07, 6.45) is 0. The van der Waals surface area contributed by atoms with E-state index in [1.807, 2.05) is 30.3 Å². The number of nitrogens with zero attached hydrogens (tertiary/aromatic N) is 1.